The average molecular weight is 660 g/mol. The normalized spacial score (nSPS) is 40.8. The van der Waals surface area contributed by atoms with Crippen LogP contribution >= 0.6 is 0 Å². The third-order valence-electron chi connectivity index (χ3n) is 14.5. The Bertz CT molecular complexity index is 1360. The number of carbonyl (C=O) groups excluding carboxylic acids is 2. The van der Waals surface area contributed by atoms with Crippen molar-refractivity contribution in [2.24, 2.45) is 40.9 Å². The zero-order valence-corrected chi connectivity index (χ0v) is 30.0. The van der Waals surface area contributed by atoms with Crippen molar-refractivity contribution in [3.05, 3.63) is 47.0 Å². The molecule has 1 spiro atoms. The molecule has 0 aromatic heterocycles. The highest BCUT2D eigenvalue weighted by Gasteiger charge is 2.60. The summed E-state index contributed by atoms with van der Waals surface area (Å²) in [5.41, 5.74) is 4.82. The number of ether oxygens (including phenoxy) is 1. The SMILES string of the molecule is CC1=C2C[C@H]3[C@@H](CCC4C[C@@H](O)CC[C@@]43C)[C@@H]2CC[C@@]2(C1)O[C@@H]1C[C@H](C)CN(CCNC(=O)CNC(=O)CCc3ccccc3)[C@H]1[C@H]2C. The standard InChI is InChI=1S/C41H61N3O4/c1-26-20-36-39(44(25-26)19-18-42-38(47)24-43-37(46)13-10-29-8-6-5-7-9-29)28(3)41(48-36)17-15-32-33-12-11-30-21-31(45)14-16-40(30,4)35(33)22-34(32)27(2)23-41/h5-9,26,28,30-33,35-36,39,45H,10-25H2,1-4H3,(H,42,47)(H,43,46)/t26-,28+,30?,31-,32-,33-,35-,36+,39-,40-,41-/m0/s1. The molecule has 1 unspecified atom stereocenters. The highest BCUT2D eigenvalue weighted by atomic mass is 16.5. The zero-order valence-electron chi connectivity index (χ0n) is 30.0. The van der Waals surface area contributed by atoms with E-state index in [2.05, 4.69) is 43.2 Å². The van der Waals surface area contributed by atoms with Crippen molar-refractivity contribution >= 4 is 11.8 Å². The lowest BCUT2D eigenvalue weighted by Crippen LogP contribution is -2.54. The molecule has 0 radical (unpaired) electrons. The molecule has 3 saturated carbocycles. The highest BCUT2D eigenvalue weighted by Crippen LogP contribution is 2.65. The van der Waals surface area contributed by atoms with Crippen LogP contribution in [0.4, 0.5) is 0 Å². The maximum atomic E-state index is 12.7. The van der Waals surface area contributed by atoms with E-state index >= 15 is 0 Å². The van der Waals surface area contributed by atoms with E-state index in [1.165, 1.54) is 32.1 Å². The molecular formula is C41H61N3O4. The van der Waals surface area contributed by atoms with Crippen LogP contribution < -0.4 is 10.6 Å². The minimum atomic E-state index is -0.125. The van der Waals surface area contributed by atoms with Gasteiger partial charge in [-0.25, -0.2) is 0 Å². The van der Waals surface area contributed by atoms with Crippen LogP contribution in [0.1, 0.15) is 104 Å². The number of aryl methyl sites for hydroxylation is 1. The van der Waals surface area contributed by atoms with Gasteiger partial charge in [0.05, 0.1) is 24.4 Å². The summed E-state index contributed by atoms with van der Waals surface area (Å²) in [5, 5.41) is 16.3. The van der Waals surface area contributed by atoms with Gasteiger partial charge in [0.25, 0.3) is 0 Å². The number of hydrogen-bond acceptors (Lipinski definition) is 5. The fourth-order valence-corrected chi connectivity index (χ4v) is 12.0. The maximum absolute atomic E-state index is 12.7. The van der Waals surface area contributed by atoms with Gasteiger partial charge in [-0.15, -0.1) is 0 Å². The van der Waals surface area contributed by atoms with Gasteiger partial charge in [0, 0.05) is 38.0 Å². The molecule has 1 aromatic rings. The van der Waals surface area contributed by atoms with Gasteiger partial charge in [-0.2, -0.15) is 0 Å². The fraction of sp³-hybridized carbons (Fsp3) is 0.756. The number of carbonyl (C=O) groups is 2. The summed E-state index contributed by atoms with van der Waals surface area (Å²) in [6.07, 6.45) is 12.9. The minimum absolute atomic E-state index is 0.0252. The molecule has 4 aliphatic carbocycles. The van der Waals surface area contributed by atoms with E-state index in [1.54, 1.807) is 11.1 Å². The molecule has 2 amide bonds. The Kier molecular flexibility index (Phi) is 9.86. The number of likely N-dealkylation sites (tertiary alicyclic amines) is 1. The third-order valence-corrected chi connectivity index (χ3v) is 14.5. The number of aliphatic hydroxyl groups is 1. The van der Waals surface area contributed by atoms with E-state index in [-0.39, 0.29) is 36.2 Å². The Morgan fingerprint density at radius 3 is 2.65 bits per heavy atom. The van der Waals surface area contributed by atoms with Gasteiger partial charge in [0.2, 0.25) is 11.8 Å². The van der Waals surface area contributed by atoms with Crippen molar-refractivity contribution < 1.29 is 19.4 Å². The molecule has 6 aliphatic rings. The molecule has 3 N–H and O–H groups in total. The van der Waals surface area contributed by atoms with Crippen LogP contribution in [0, 0.1) is 40.9 Å². The first-order valence-corrected chi connectivity index (χ1v) is 19.4. The van der Waals surface area contributed by atoms with Crippen LogP contribution in [0.2, 0.25) is 0 Å². The van der Waals surface area contributed by atoms with Crippen LogP contribution in [-0.2, 0) is 20.7 Å². The Hall–Kier alpha value is -2.22. The molecule has 7 nitrogen and oxygen atoms in total. The monoisotopic (exact) mass is 659 g/mol. The van der Waals surface area contributed by atoms with E-state index in [0.29, 0.717) is 54.5 Å². The quantitative estimate of drug-likeness (QED) is 0.296. The summed E-state index contributed by atoms with van der Waals surface area (Å²) in [7, 11) is 0. The molecule has 2 heterocycles. The van der Waals surface area contributed by atoms with Crippen molar-refractivity contribution in [2.45, 2.75) is 129 Å². The second-order valence-electron chi connectivity index (χ2n) is 17.3. The lowest BCUT2D eigenvalue weighted by Gasteiger charge is -2.53. The molecule has 5 fully saturated rings. The van der Waals surface area contributed by atoms with Crippen molar-refractivity contribution in [3.63, 3.8) is 0 Å². The number of nitrogens with zero attached hydrogens (tertiary/aromatic N) is 1. The van der Waals surface area contributed by atoms with Crippen molar-refractivity contribution in [1.29, 1.82) is 0 Å². The topological polar surface area (TPSA) is 90.9 Å². The van der Waals surface area contributed by atoms with Gasteiger partial charge < -0.3 is 20.5 Å². The van der Waals surface area contributed by atoms with Crippen LogP contribution in [0.3, 0.4) is 0 Å². The zero-order chi connectivity index (χ0) is 33.6. The Morgan fingerprint density at radius 2 is 1.83 bits per heavy atom. The molecule has 0 bridgehead atoms. The number of amides is 2. The first-order chi connectivity index (χ1) is 23.1. The first-order valence-electron chi connectivity index (χ1n) is 19.4. The number of fused-ring (bicyclic) bond motifs is 6. The van der Waals surface area contributed by atoms with E-state index < -0.39 is 0 Å². The van der Waals surface area contributed by atoms with Crippen LogP contribution in [-0.4, -0.2) is 71.9 Å². The summed E-state index contributed by atoms with van der Waals surface area (Å²) in [4.78, 5) is 27.6. The molecule has 7 rings (SSSR count). The van der Waals surface area contributed by atoms with Gasteiger partial charge in [-0.1, -0.05) is 62.2 Å². The first kappa shape index (κ1) is 34.2. The molecule has 2 aliphatic heterocycles. The lowest BCUT2D eigenvalue weighted by atomic mass is 9.52. The average Bonchev–Trinajstić information content (AvgIpc) is 3.53. The number of piperidine rings is 1. The summed E-state index contributed by atoms with van der Waals surface area (Å²) in [6.45, 7) is 12.3. The fourth-order valence-electron chi connectivity index (χ4n) is 12.0. The van der Waals surface area contributed by atoms with Gasteiger partial charge >= 0.3 is 0 Å². The van der Waals surface area contributed by atoms with E-state index in [1.807, 2.05) is 30.3 Å². The van der Waals surface area contributed by atoms with Crippen molar-refractivity contribution in [1.82, 2.24) is 15.5 Å². The largest absolute Gasteiger partial charge is 0.393 e. The summed E-state index contributed by atoms with van der Waals surface area (Å²) >= 11 is 0. The number of aliphatic hydroxyl groups excluding tert-OH is 1. The Balaban J connectivity index is 0.950. The van der Waals surface area contributed by atoms with Crippen molar-refractivity contribution in [2.75, 3.05) is 26.2 Å². The molecular weight excluding hydrogens is 598 g/mol. The minimum Gasteiger partial charge on any atom is -0.393 e. The van der Waals surface area contributed by atoms with Gasteiger partial charge in [-0.3, -0.25) is 14.5 Å². The second kappa shape index (κ2) is 13.8. The predicted molar refractivity (Wildman–Crippen MR) is 189 cm³/mol. The Labute approximate surface area is 289 Å². The summed E-state index contributed by atoms with van der Waals surface area (Å²) < 4.78 is 7.28. The number of rotatable bonds is 8. The van der Waals surface area contributed by atoms with Crippen LogP contribution in [0.25, 0.3) is 0 Å². The molecule has 2 saturated heterocycles. The second-order valence-corrected chi connectivity index (χ2v) is 17.3. The van der Waals surface area contributed by atoms with E-state index in [4.69, 9.17) is 4.74 Å². The molecule has 48 heavy (non-hydrogen) atoms. The van der Waals surface area contributed by atoms with Gasteiger partial charge in [0.1, 0.15) is 0 Å². The number of benzene rings is 1. The predicted octanol–water partition coefficient (Wildman–Crippen LogP) is 6.05. The smallest absolute Gasteiger partial charge is 0.239 e. The number of allylic oxidation sites excluding steroid dienone is 1. The van der Waals surface area contributed by atoms with E-state index in [9.17, 15) is 14.7 Å². The number of hydrogen-bond donors (Lipinski definition) is 3. The third kappa shape index (κ3) is 6.53. The van der Waals surface area contributed by atoms with Crippen LogP contribution in [0.15, 0.2) is 41.5 Å². The molecule has 1 aromatic carbocycles. The van der Waals surface area contributed by atoms with Crippen molar-refractivity contribution in [3.8, 4) is 0 Å². The van der Waals surface area contributed by atoms with E-state index in [0.717, 1.165) is 62.6 Å². The lowest BCUT2D eigenvalue weighted by molar-refractivity contribution is -0.126. The number of nitrogens with one attached hydrogen (secondary N) is 2. The summed E-state index contributed by atoms with van der Waals surface area (Å²) in [6, 6.07) is 10.4. The Morgan fingerprint density at radius 1 is 1.02 bits per heavy atom. The van der Waals surface area contributed by atoms with Gasteiger partial charge in [-0.05, 0) is 118 Å². The molecule has 7 heteroatoms. The van der Waals surface area contributed by atoms with Crippen LogP contribution in [0.5, 0.6) is 0 Å². The molecule has 264 valence electrons. The summed E-state index contributed by atoms with van der Waals surface area (Å²) in [5.74, 6) is 3.77. The van der Waals surface area contributed by atoms with Gasteiger partial charge in [0.15, 0.2) is 0 Å². The molecule has 11 atom stereocenters. The maximum Gasteiger partial charge on any atom is 0.239 e. The highest BCUT2D eigenvalue weighted by molar-refractivity contribution is 5.84.